The van der Waals surface area contributed by atoms with Crippen LogP contribution in [0.25, 0.3) is 11.6 Å². The van der Waals surface area contributed by atoms with Crippen LogP contribution in [0.15, 0.2) is 58.0 Å². The zero-order valence-electron chi connectivity index (χ0n) is 14.2. The lowest BCUT2D eigenvalue weighted by Gasteiger charge is -2.21. The van der Waals surface area contributed by atoms with Crippen molar-refractivity contribution in [3.05, 3.63) is 60.1 Å². The molecule has 0 saturated carbocycles. The lowest BCUT2D eigenvalue weighted by molar-refractivity contribution is 0.332. The summed E-state index contributed by atoms with van der Waals surface area (Å²) in [6.45, 7) is 2.36. The zero-order valence-corrected chi connectivity index (χ0v) is 15.1. The van der Waals surface area contributed by atoms with Crippen LogP contribution in [-0.2, 0) is 10.0 Å². The standard InChI is InChI=1S/C18H18N4O3S/c1-13-7-9-14(10-8-13)26(23,24)22-12-4-6-16(22)18-21-20-17(25-18)15-5-2-3-11-19-15/h2-3,5,7-11,16H,4,6,12H2,1H3/t16-/m0/s1. The minimum absolute atomic E-state index is 0.277. The molecular weight excluding hydrogens is 352 g/mol. The number of aryl methyl sites for hydroxylation is 1. The quantitative estimate of drug-likeness (QED) is 0.701. The molecule has 26 heavy (non-hydrogen) atoms. The predicted molar refractivity (Wildman–Crippen MR) is 94.6 cm³/mol. The van der Waals surface area contributed by atoms with Crippen molar-refractivity contribution in [2.24, 2.45) is 0 Å². The first-order chi connectivity index (χ1) is 12.6. The maximum atomic E-state index is 13.0. The highest BCUT2D eigenvalue weighted by atomic mass is 32.2. The van der Waals surface area contributed by atoms with Gasteiger partial charge in [0.25, 0.3) is 5.89 Å². The number of sulfonamides is 1. The summed E-state index contributed by atoms with van der Waals surface area (Å²) in [7, 11) is -3.62. The third kappa shape index (κ3) is 3.02. The van der Waals surface area contributed by atoms with Crippen LogP contribution in [0.4, 0.5) is 0 Å². The van der Waals surface area contributed by atoms with Crippen LogP contribution in [0, 0.1) is 6.92 Å². The van der Waals surface area contributed by atoms with Crippen LogP contribution >= 0.6 is 0 Å². The number of benzene rings is 1. The van der Waals surface area contributed by atoms with Gasteiger partial charge in [-0.15, -0.1) is 10.2 Å². The summed E-state index contributed by atoms with van der Waals surface area (Å²) in [6.07, 6.45) is 3.04. The Morgan fingerprint density at radius 1 is 1.12 bits per heavy atom. The third-order valence-electron chi connectivity index (χ3n) is 4.44. The van der Waals surface area contributed by atoms with Gasteiger partial charge in [-0.1, -0.05) is 23.8 Å². The normalized spacial score (nSPS) is 18.3. The fourth-order valence-electron chi connectivity index (χ4n) is 3.08. The highest BCUT2D eigenvalue weighted by Crippen LogP contribution is 2.36. The Kier molecular flexibility index (Phi) is 4.29. The van der Waals surface area contributed by atoms with Crippen molar-refractivity contribution in [3.63, 3.8) is 0 Å². The van der Waals surface area contributed by atoms with Crippen LogP contribution in [0.3, 0.4) is 0 Å². The topological polar surface area (TPSA) is 89.2 Å². The average Bonchev–Trinajstić information content (AvgIpc) is 3.32. The third-order valence-corrected chi connectivity index (χ3v) is 6.36. The van der Waals surface area contributed by atoms with Gasteiger partial charge in [0.1, 0.15) is 11.7 Å². The van der Waals surface area contributed by atoms with E-state index in [1.54, 1.807) is 42.6 Å². The second-order valence-electron chi connectivity index (χ2n) is 6.25. The summed E-state index contributed by atoms with van der Waals surface area (Å²) in [5.74, 6) is 0.596. The van der Waals surface area contributed by atoms with Crippen LogP contribution < -0.4 is 0 Å². The average molecular weight is 370 g/mol. The monoisotopic (exact) mass is 370 g/mol. The molecule has 134 valence electrons. The van der Waals surface area contributed by atoms with Crippen LogP contribution in [0.1, 0.15) is 30.3 Å². The summed E-state index contributed by atoms with van der Waals surface area (Å²) < 4.78 is 33.3. The van der Waals surface area contributed by atoms with Crippen LogP contribution in [-0.4, -0.2) is 34.4 Å². The summed E-state index contributed by atoms with van der Waals surface area (Å²) in [4.78, 5) is 4.46. The first kappa shape index (κ1) is 16.9. The second-order valence-corrected chi connectivity index (χ2v) is 8.14. The Bertz CT molecular complexity index is 1000. The molecule has 0 bridgehead atoms. The second kappa shape index (κ2) is 6.62. The molecule has 1 aliphatic heterocycles. The van der Waals surface area contributed by atoms with Gasteiger partial charge >= 0.3 is 0 Å². The minimum Gasteiger partial charge on any atom is -0.417 e. The summed E-state index contributed by atoms with van der Waals surface area (Å²) >= 11 is 0. The highest BCUT2D eigenvalue weighted by Gasteiger charge is 2.39. The number of rotatable bonds is 4. The molecule has 1 atom stereocenters. The van der Waals surface area contributed by atoms with Gasteiger partial charge in [0.15, 0.2) is 0 Å². The maximum absolute atomic E-state index is 13.0. The van der Waals surface area contributed by atoms with E-state index >= 15 is 0 Å². The molecule has 3 aromatic rings. The van der Waals surface area contributed by atoms with E-state index in [1.165, 1.54) is 4.31 Å². The lowest BCUT2D eigenvalue weighted by Crippen LogP contribution is -2.30. The Hall–Kier alpha value is -2.58. The van der Waals surface area contributed by atoms with Gasteiger partial charge in [0.05, 0.1) is 4.90 Å². The van der Waals surface area contributed by atoms with E-state index in [-0.39, 0.29) is 4.90 Å². The van der Waals surface area contributed by atoms with E-state index in [0.717, 1.165) is 12.0 Å². The number of aromatic nitrogens is 3. The van der Waals surface area contributed by atoms with E-state index in [9.17, 15) is 8.42 Å². The molecule has 0 radical (unpaired) electrons. The molecule has 1 aromatic carbocycles. The van der Waals surface area contributed by atoms with Crippen molar-refractivity contribution < 1.29 is 12.8 Å². The maximum Gasteiger partial charge on any atom is 0.266 e. The van der Waals surface area contributed by atoms with Gasteiger partial charge < -0.3 is 4.42 Å². The van der Waals surface area contributed by atoms with Crippen molar-refractivity contribution in [1.29, 1.82) is 0 Å². The molecule has 1 saturated heterocycles. The smallest absolute Gasteiger partial charge is 0.266 e. The van der Waals surface area contributed by atoms with E-state index in [4.69, 9.17) is 4.42 Å². The molecule has 0 N–H and O–H groups in total. The van der Waals surface area contributed by atoms with E-state index in [1.807, 2.05) is 13.0 Å². The van der Waals surface area contributed by atoms with Gasteiger partial charge in [-0.05, 0) is 44.0 Å². The van der Waals surface area contributed by atoms with Gasteiger partial charge in [-0.25, -0.2) is 8.42 Å². The van der Waals surface area contributed by atoms with Gasteiger partial charge in [0.2, 0.25) is 15.9 Å². The zero-order chi connectivity index (χ0) is 18.1. The van der Waals surface area contributed by atoms with Crippen LogP contribution in [0.5, 0.6) is 0 Å². The van der Waals surface area contributed by atoms with Crippen molar-refractivity contribution in [2.75, 3.05) is 6.54 Å². The first-order valence-electron chi connectivity index (χ1n) is 8.39. The van der Waals surface area contributed by atoms with Crippen molar-refractivity contribution in [1.82, 2.24) is 19.5 Å². The van der Waals surface area contributed by atoms with E-state index in [2.05, 4.69) is 15.2 Å². The molecule has 0 amide bonds. The van der Waals surface area contributed by atoms with Crippen molar-refractivity contribution in [2.45, 2.75) is 30.7 Å². The lowest BCUT2D eigenvalue weighted by atomic mass is 10.2. The molecule has 0 spiro atoms. The van der Waals surface area contributed by atoms with Crippen LogP contribution in [0.2, 0.25) is 0 Å². The minimum atomic E-state index is -3.62. The van der Waals surface area contributed by atoms with Crippen molar-refractivity contribution in [3.8, 4) is 11.6 Å². The molecule has 2 aromatic heterocycles. The SMILES string of the molecule is Cc1ccc(S(=O)(=O)N2CCC[C@H]2c2nnc(-c3ccccn3)o2)cc1. The summed E-state index contributed by atoms with van der Waals surface area (Å²) in [5, 5.41) is 8.11. The Balaban J connectivity index is 1.65. The molecule has 1 aliphatic rings. The molecule has 0 aliphatic carbocycles. The van der Waals surface area contributed by atoms with E-state index in [0.29, 0.717) is 30.4 Å². The number of nitrogens with zero attached hydrogens (tertiary/aromatic N) is 4. The van der Waals surface area contributed by atoms with Gasteiger partial charge in [-0.2, -0.15) is 4.31 Å². The largest absolute Gasteiger partial charge is 0.417 e. The summed E-state index contributed by atoms with van der Waals surface area (Å²) in [5.41, 5.74) is 1.58. The fraction of sp³-hybridized carbons (Fsp3) is 0.278. The Labute approximate surface area is 151 Å². The van der Waals surface area contributed by atoms with E-state index < -0.39 is 16.1 Å². The number of hydrogen-bond donors (Lipinski definition) is 0. The highest BCUT2D eigenvalue weighted by molar-refractivity contribution is 7.89. The molecule has 1 fully saturated rings. The number of hydrogen-bond acceptors (Lipinski definition) is 6. The molecule has 0 unspecified atom stereocenters. The molecular formula is C18H18N4O3S. The predicted octanol–water partition coefficient (Wildman–Crippen LogP) is 2.97. The van der Waals surface area contributed by atoms with Crippen molar-refractivity contribution >= 4 is 10.0 Å². The van der Waals surface area contributed by atoms with Gasteiger partial charge in [-0.3, -0.25) is 4.98 Å². The Morgan fingerprint density at radius 3 is 2.65 bits per heavy atom. The fourth-order valence-corrected chi connectivity index (χ4v) is 4.73. The molecule has 8 heteroatoms. The molecule has 3 heterocycles. The van der Waals surface area contributed by atoms with Gasteiger partial charge in [0, 0.05) is 12.7 Å². The number of pyridine rings is 1. The summed E-state index contributed by atoms with van der Waals surface area (Å²) in [6, 6.07) is 11.8. The Morgan fingerprint density at radius 2 is 1.92 bits per heavy atom. The first-order valence-corrected chi connectivity index (χ1v) is 9.83. The molecule has 4 rings (SSSR count). The molecule has 7 nitrogen and oxygen atoms in total.